The van der Waals surface area contributed by atoms with Gasteiger partial charge in [-0.15, -0.1) is 0 Å². The molecule has 0 aromatic carbocycles. The summed E-state index contributed by atoms with van der Waals surface area (Å²) in [6, 6.07) is 0. The molecule has 0 atom stereocenters. The third-order valence-corrected chi connectivity index (χ3v) is 10.9. The van der Waals surface area contributed by atoms with E-state index in [4.69, 9.17) is 0 Å². The molecule has 0 aromatic heterocycles. The number of unbranched alkanes of at least 4 members (excludes halogenated alkanes) is 22. The van der Waals surface area contributed by atoms with Crippen LogP contribution in [-0.2, 0) is 17.1 Å². The zero-order valence-corrected chi connectivity index (χ0v) is 24.1. The summed E-state index contributed by atoms with van der Waals surface area (Å²) in [5.41, 5.74) is 0. The number of hydrogen-bond donors (Lipinski definition) is 0. The Kier molecular flexibility index (Phi) is 29.2. The fourth-order valence-electron chi connectivity index (χ4n) is 4.57. The molecular weight excluding hydrogens is 402 g/mol. The summed E-state index contributed by atoms with van der Waals surface area (Å²) >= 11 is -0.125. The van der Waals surface area contributed by atoms with Crippen LogP contribution in [0.3, 0.4) is 0 Å². The van der Waals surface area contributed by atoms with Crippen molar-refractivity contribution in [2.45, 2.75) is 178 Å². The van der Waals surface area contributed by atoms with E-state index >= 15 is 0 Å². The molecule has 0 aliphatic heterocycles. The Bertz CT molecular complexity index is 237. The van der Waals surface area contributed by atoms with E-state index in [0.717, 1.165) is 0 Å². The predicted molar refractivity (Wildman–Crippen MR) is 132 cm³/mol. The van der Waals surface area contributed by atoms with E-state index in [-0.39, 0.29) is 17.1 Å². The molecule has 0 N–H and O–H groups in total. The average Bonchev–Trinajstić information content (AvgIpc) is 2.74. The van der Waals surface area contributed by atoms with Crippen molar-refractivity contribution in [3.8, 4) is 0 Å². The number of hydrogen-bond acceptors (Lipinski definition) is 0. The number of rotatable bonds is 26. The minimum absolute atomic E-state index is 0.125. The molecule has 0 nitrogen and oxygen atoms in total. The second kappa shape index (κ2) is 28.6. The van der Waals surface area contributed by atoms with Crippen molar-refractivity contribution < 1.29 is 17.1 Å². The summed E-state index contributed by atoms with van der Waals surface area (Å²) < 4.78 is 0. The van der Waals surface area contributed by atoms with Gasteiger partial charge in [0.1, 0.15) is 0 Å². The van der Waals surface area contributed by atoms with Gasteiger partial charge in [0, 0.05) is 0 Å². The summed E-state index contributed by atoms with van der Waals surface area (Å²) in [5.74, 6) is 0. The Labute approximate surface area is 194 Å². The first-order valence-electron chi connectivity index (χ1n) is 14.4. The first kappa shape index (κ1) is 29.6. The molecule has 29 heavy (non-hydrogen) atoms. The second-order valence-corrected chi connectivity index (χ2v) is 14.3. The van der Waals surface area contributed by atoms with Crippen LogP contribution in [0.5, 0.6) is 0 Å². The molecule has 0 unspecified atom stereocenters. The molecule has 0 fully saturated rings. The fraction of sp³-hybridized carbons (Fsp3) is 1.00. The molecule has 0 amide bonds. The minimum atomic E-state index is -0.125. The van der Waals surface area contributed by atoms with E-state index in [0.29, 0.717) is 0 Å². The van der Waals surface area contributed by atoms with Crippen LogP contribution in [0.2, 0.25) is 10.0 Å². The normalized spacial score (nSPS) is 11.1. The van der Waals surface area contributed by atoms with Gasteiger partial charge in [0.05, 0.1) is 0 Å². The molecule has 0 rings (SSSR count). The Hall–Kier alpha value is 0.623. The van der Waals surface area contributed by atoms with Gasteiger partial charge in [-0.3, -0.25) is 0 Å². The van der Waals surface area contributed by atoms with Gasteiger partial charge >= 0.3 is 168 Å². The summed E-state index contributed by atoms with van der Waals surface area (Å²) in [7, 11) is 0. The SMILES string of the molecule is CCCCCCCCCCCCC[CH2][Zn][CH2]CCCCCCCCCCCCC. The molecule has 0 saturated heterocycles. The van der Waals surface area contributed by atoms with E-state index in [2.05, 4.69) is 13.8 Å². The van der Waals surface area contributed by atoms with Crippen molar-refractivity contribution in [2.24, 2.45) is 0 Å². The van der Waals surface area contributed by atoms with Crippen LogP contribution in [0, 0.1) is 0 Å². The van der Waals surface area contributed by atoms with Crippen LogP contribution in [0.25, 0.3) is 0 Å². The Balaban J connectivity index is 2.97. The van der Waals surface area contributed by atoms with Crippen molar-refractivity contribution in [1.29, 1.82) is 0 Å². The molecule has 0 heterocycles. The molecule has 0 radical (unpaired) electrons. The Morgan fingerprint density at radius 3 is 0.724 bits per heavy atom. The average molecular weight is 460 g/mol. The van der Waals surface area contributed by atoms with E-state index in [1.807, 2.05) is 0 Å². The third-order valence-electron chi connectivity index (χ3n) is 6.71. The van der Waals surface area contributed by atoms with E-state index in [1.54, 1.807) is 35.7 Å². The summed E-state index contributed by atoms with van der Waals surface area (Å²) in [6.07, 6.45) is 35.9. The van der Waals surface area contributed by atoms with E-state index in [9.17, 15) is 0 Å². The molecule has 0 spiro atoms. The Morgan fingerprint density at radius 1 is 0.276 bits per heavy atom. The van der Waals surface area contributed by atoms with Crippen LogP contribution in [-0.4, -0.2) is 0 Å². The van der Waals surface area contributed by atoms with Gasteiger partial charge in [-0.2, -0.15) is 0 Å². The second-order valence-electron chi connectivity index (χ2n) is 9.84. The molecule has 0 aromatic rings. The topological polar surface area (TPSA) is 0 Å². The minimum Gasteiger partial charge on any atom is -0.0654 e. The maximum atomic E-state index is 2.31. The molecular formula is C28H58Zn. The van der Waals surface area contributed by atoms with Crippen molar-refractivity contribution in [1.82, 2.24) is 0 Å². The van der Waals surface area contributed by atoms with E-state index < -0.39 is 0 Å². The van der Waals surface area contributed by atoms with Gasteiger partial charge in [0.15, 0.2) is 0 Å². The third kappa shape index (κ3) is 28.6. The first-order valence-corrected chi connectivity index (χ1v) is 18.6. The quantitative estimate of drug-likeness (QED) is 0.0890. The first-order chi connectivity index (χ1) is 14.4. The molecule has 0 bridgehead atoms. The van der Waals surface area contributed by atoms with Crippen LogP contribution in [0.4, 0.5) is 0 Å². The van der Waals surface area contributed by atoms with Gasteiger partial charge in [-0.25, -0.2) is 0 Å². The monoisotopic (exact) mass is 458 g/mol. The van der Waals surface area contributed by atoms with Crippen molar-refractivity contribution in [2.75, 3.05) is 0 Å². The maximum absolute atomic E-state index is 2.31. The van der Waals surface area contributed by atoms with Gasteiger partial charge in [-0.05, 0) is 0 Å². The predicted octanol–water partition coefficient (Wildman–Crippen LogP) is 11.3. The van der Waals surface area contributed by atoms with E-state index in [1.165, 1.54) is 128 Å². The summed E-state index contributed by atoms with van der Waals surface area (Å²) in [5, 5.41) is 3.37. The summed E-state index contributed by atoms with van der Waals surface area (Å²) in [6.45, 7) is 4.62. The van der Waals surface area contributed by atoms with Gasteiger partial charge in [0.25, 0.3) is 0 Å². The van der Waals surface area contributed by atoms with Gasteiger partial charge in [-0.1, -0.05) is 26.7 Å². The Morgan fingerprint density at radius 2 is 0.483 bits per heavy atom. The molecule has 0 saturated carbocycles. The zero-order valence-electron chi connectivity index (χ0n) is 21.1. The zero-order chi connectivity index (χ0) is 21.1. The smallest absolute Gasteiger partial charge is 0.0654 e. The fourth-order valence-corrected chi connectivity index (χ4v) is 8.27. The van der Waals surface area contributed by atoms with Crippen molar-refractivity contribution in [3.05, 3.63) is 0 Å². The van der Waals surface area contributed by atoms with Crippen LogP contribution < -0.4 is 0 Å². The summed E-state index contributed by atoms with van der Waals surface area (Å²) in [4.78, 5) is 0. The molecule has 0 aliphatic carbocycles. The molecule has 0 aliphatic rings. The standard InChI is InChI=1S/2C14H29.Zn/c2*1-3-5-7-9-11-13-14-12-10-8-6-4-2;/h2*1,3-14H2,2H3;. The van der Waals surface area contributed by atoms with Crippen molar-refractivity contribution in [3.63, 3.8) is 0 Å². The molecule has 172 valence electrons. The van der Waals surface area contributed by atoms with Crippen LogP contribution in [0.15, 0.2) is 0 Å². The van der Waals surface area contributed by atoms with Crippen LogP contribution >= 0.6 is 0 Å². The van der Waals surface area contributed by atoms with Crippen LogP contribution in [0.1, 0.15) is 168 Å². The van der Waals surface area contributed by atoms with Gasteiger partial charge in [0.2, 0.25) is 0 Å². The van der Waals surface area contributed by atoms with Crippen molar-refractivity contribution >= 4 is 0 Å². The molecule has 1 heteroatoms. The van der Waals surface area contributed by atoms with Gasteiger partial charge < -0.3 is 0 Å².